The Morgan fingerprint density at radius 3 is 2.42 bits per heavy atom. The number of nitrogens with one attached hydrogen (secondary N) is 1. The SMILES string of the molecule is CC(NC(=O)c1ccc(CN)cc1)c1ccncc1. The van der Waals surface area contributed by atoms with Gasteiger partial charge in [0, 0.05) is 24.5 Å². The first-order valence-electron chi connectivity index (χ1n) is 6.20. The Kier molecular flexibility index (Phi) is 4.26. The minimum absolute atomic E-state index is 0.0512. The number of aromatic nitrogens is 1. The van der Waals surface area contributed by atoms with Crippen LogP contribution in [0.15, 0.2) is 48.8 Å². The molecule has 0 fully saturated rings. The van der Waals surface area contributed by atoms with Gasteiger partial charge in [-0.25, -0.2) is 0 Å². The molecule has 19 heavy (non-hydrogen) atoms. The molecule has 0 radical (unpaired) electrons. The molecule has 1 unspecified atom stereocenters. The van der Waals surface area contributed by atoms with Gasteiger partial charge in [0.2, 0.25) is 0 Å². The quantitative estimate of drug-likeness (QED) is 0.878. The summed E-state index contributed by atoms with van der Waals surface area (Å²) in [4.78, 5) is 16.0. The lowest BCUT2D eigenvalue weighted by Crippen LogP contribution is -2.26. The number of nitrogens with two attached hydrogens (primary N) is 1. The highest BCUT2D eigenvalue weighted by Gasteiger charge is 2.10. The highest BCUT2D eigenvalue weighted by Crippen LogP contribution is 2.12. The van der Waals surface area contributed by atoms with Crippen molar-refractivity contribution in [3.05, 3.63) is 65.5 Å². The third kappa shape index (κ3) is 3.39. The summed E-state index contributed by atoms with van der Waals surface area (Å²) in [5.74, 6) is -0.0899. The second-order valence-corrected chi connectivity index (χ2v) is 4.38. The zero-order chi connectivity index (χ0) is 13.7. The number of pyridine rings is 1. The lowest BCUT2D eigenvalue weighted by atomic mass is 10.1. The Morgan fingerprint density at radius 2 is 1.84 bits per heavy atom. The van der Waals surface area contributed by atoms with E-state index in [0.717, 1.165) is 11.1 Å². The summed E-state index contributed by atoms with van der Waals surface area (Å²) in [6.07, 6.45) is 3.43. The van der Waals surface area contributed by atoms with E-state index in [2.05, 4.69) is 10.3 Å². The average molecular weight is 255 g/mol. The second-order valence-electron chi connectivity index (χ2n) is 4.38. The van der Waals surface area contributed by atoms with Gasteiger partial charge in [-0.15, -0.1) is 0 Å². The number of carbonyl (C=O) groups is 1. The molecule has 2 aromatic rings. The van der Waals surface area contributed by atoms with E-state index in [1.807, 2.05) is 31.2 Å². The summed E-state index contributed by atoms with van der Waals surface area (Å²) in [7, 11) is 0. The fourth-order valence-electron chi connectivity index (χ4n) is 1.81. The van der Waals surface area contributed by atoms with E-state index in [4.69, 9.17) is 5.73 Å². The molecule has 0 aliphatic heterocycles. The van der Waals surface area contributed by atoms with E-state index in [1.165, 1.54) is 0 Å². The van der Waals surface area contributed by atoms with Crippen LogP contribution in [0, 0.1) is 0 Å². The van der Waals surface area contributed by atoms with Crippen LogP contribution >= 0.6 is 0 Å². The van der Waals surface area contributed by atoms with Crippen molar-refractivity contribution in [2.24, 2.45) is 5.73 Å². The molecule has 2 rings (SSSR count). The van der Waals surface area contributed by atoms with E-state index in [9.17, 15) is 4.79 Å². The van der Waals surface area contributed by atoms with Gasteiger partial charge in [0.1, 0.15) is 0 Å². The second kappa shape index (κ2) is 6.11. The van der Waals surface area contributed by atoms with Crippen LogP contribution in [-0.2, 0) is 6.54 Å². The summed E-state index contributed by atoms with van der Waals surface area (Å²) in [5, 5.41) is 2.95. The first-order valence-corrected chi connectivity index (χ1v) is 6.20. The van der Waals surface area contributed by atoms with Gasteiger partial charge in [0.05, 0.1) is 6.04 Å². The lowest BCUT2D eigenvalue weighted by Gasteiger charge is -2.14. The van der Waals surface area contributed by atoms with Crippen LogP contribution in [0.4, 0.5) is 0 Å². The maximum absolute atomic E-state index is 12.1. The van der Waals surface area contributed by atoms with Gasteiger partial charge in [-0.2, -0.15) is 0 Å². The number of benzene rings is 1. The van der Waals surface area contributed by atoms with Crippen molar-refractivity contribution < 1.29 is 4.79 Å². The van der Waals surface area contributed by atoms with Crippen LogP contribution in [0.2, 0.25) is 0 Å². The fraction of sp³-hybridized carbons (Fsp3) is 0.200. The number of carbonyl (C=O) groups excluding carboxylic acids is 1. The summed E-state index contributed by atoms with van der Waals surface area (Å²) in [6.45, 7) is 2.43. The van der Waals surface area contributed by atoms with E-state index < -0.39 is 0 Å². The Labute approximate surface area is 112 Å². The van der Waals surface area contributed by atoms with Crippen molar-refractivity contribution in [1.82, 2.24) is 10.3 Å². The topological polar surface area (TPSA) is 68.0 Å². The van der Waals surface area contributed by atoms with Crippen LogP contribution in [0.5, 0.6) is 0 Å². The normalized spacial score (nSPS) is 11.9. The maximum Gasteiger partial charge on any atom is 0.251 e. The van der Waals surface area contributed by atoms with Gasteiger partial charge in [0.15, 0.2) is 0 Å². The maximum atomic E-state index is 12.1. The number of hydrogen-bond donors (Lipinski definition) is 2. The molecular formula is C15H17N3O. The minimum Gasteiger partial charge on any atom is -0.346 e. The van der Waals surface area contributed by atoms with E-state index >= 15 is 0 Å². The van der Waals surface area contributed by atoms with Crippen LogP contribution in [0.25, 0.3) is 0 Å². The van der Waals surface area contributed by atoms with Crippen LogP contribution in [-0.4, -0.2) is 10.9 Å². The molecule has 0 saturated carbocycles. The molecule has 3 N–H and O–H groups in total. The van der Waals surface area contributed by atoms with Gasteiger partial charge in [-0.1, -0.05) is 12.1 Å². The molecule has 1 heterocycles. The fourth-order valence-corrected chi connectivity index (χ4v) is 1.81. The number of rotatable bonds is 4. The Balaban J connectivity index is 2.04. The van der Waals surface area contributed by atoms with Crippen molar-refractivity contribution in [2.45, 2.75) is 19.5 Å². The molecule has 1 aromatic heterocycles. The highest BCUT2D eigenvalue weighted by molar-refractivity contribution is 5.94. The summed E-state index contributed by atoms with van der Waals surface area (Å²) < 4.78 is 0. The van der Waals surface area contributed by atoms with Crippen molar-refractivity contribution in [3.8, 4) is 0 Å². The Bertz CT molecular complexity index is 537. The Hall–Kier alpha value is -2.20. The van der Waals surface area contributed by atoms with Crippen molar-refractivity contribution in [2.75, 3.05) is 0 Å². The lowest BCUT2D eigenvalue weighted by molar-refractivity contribution is 0.0940. The largest absolute Gasteiger partial charge is 0.346 e. The third-order valence-electron chi connectivity index (χ3n) is 3.01. The molecule has 4 heteroatoms. The summed E-state index contributed by atoms with van der Waals surface area (Å²) in [5.41, 5.74) is 8.21. The standard InChI is InChI=1S/C15H17N3O/c1-11(13-6-8-17-9-7-13)18-15(19)14-4-2-12(10-16)3-5-14/h2-9,11H,10,16H2,1H3,(H,18,19). The monoisotopic (exact) mass is 255 g/mol. The molecular weight excluding hydrogens is 238 g/mol. The summed E-state index contributed by atoms with van der Waals surface area (Å²) in [6, 6.07) is 11.0. The van der Waals surface area contributed by atoms with Crippen molar-refractivity contribution in [3.63, 3.8) is 0 Å². The minimum atomic E-state index is -0.0899. The van der Waals surface area contributed by atoms with E-state index in [1.54, 1.807) is 24.5 Å². The molecule has 1 aromatic carbocycles. The molecule has 0 spiro atoms. The number of amides is 1. The molecule has 0 aliphatic carbocycles. The van der Waals surface area contributed by atoms with E-state index in [-0.39, 0.29) is 11.9 Å². The van der Waals surface area contributed by atoms with Crippen molar-refractivity contribution in [1.29, 1.82) is 0 Å². The predicted molar refractivity (Wildman–Crippen MR) is 74.5 cm³/mol. The first kappa shape index (κ1) is 13.2. The first-order chi connectivity index (χ1) is 9.20. The van der Waals surface area contributed by atoms with Gasteiger partial charge in [-0.05, 0) is 42.3 Å². The zero-order valence-electron chi connectivity index (χ0n) is 10.8. The number of hydrogen-bond acceptors (Lipinski definition) is 3. The molecule has 98 valence electrons. The predicted octanol–water partition coefficient (Wildman–Crippen LogP) is 2.03. The van der Waals surface area contributed by atoms with Crippen LogP contribution < -0.4 is 11.1 Å². The van der Waals surface area contributed by atoms with Crippen LogP contribution in [0.1, 0.15) is 34.5 Å². The average Bonchev–Trinajstić information content (AvgIpc) is 2.48. The van der Waals surface area contributed by atoms with Crippen LogP contribution in [0.3, 0.4) is 0 Å². The highest BCUT2D eigenvalue weighted by atomic mass is 16.1. The molecule has 0 aliphatic rings. The zero-order valence-corrected chi connectivity index (χ0v) is 10.8. The van der Waals surface area contributed by atoms with Gasteiger partial charge in [-0.3, -0.25) is 9.78 Å². The Morgan fingerprint density at radius 1 is 1.21 bits per heavy atom. The number of nitrogens with zero attached hydrogens (tertiary/aromatic N) is 1. The van der Waals surface area contributed by atoms with Gasteiger partial charge >= 0.3 is 0 Å². The summed E-state index contributed by atoms with van der Waals surface area (Å²) >= 11 is 0. The van der Waals surface area contributed by atoms with Crippen molar-refractivity contribution >= 4 is 5.91 Å². The van der Waals surface area contributed by atoms with E-state index in [0.29, 0.717) is 12.1 Å². The van der Waals surface area contributed by atoms with Gasteiger partial charge in [0.25, 0.3) is 5.91 Å². The molecule has 0 bridgehead atoms. The molecule has 4 nitrogen and oxygen atoms in total. The smallest absolute Gasteiger partial charge is 0.251 e. The molecule has 0 saturated heterocycles. The molecule has 1 atom stereocenters. The molecule has 1 amide bonds. The third-order valence-corrected chi connectivity index (χ3v) is 3.01. The van der Waals surface area contributed by atoms with Gasteiger partial charge < -0.3 is 11.1 Å².